The molecule has 4 rings (SSSR count). The molecule has 1 atom stereocenters. The maximum absolute atomic E-state index is 13.1. The normalized spacial score (nSPS) is 27.8. The molecule has 0 unspecified atom stereocenters. The van der Waals surface area contributed by atoms with Crippen molar-refractivity contribution in [1.29, 1.82) is 0 Å². The van der Waals surface area contributed by atoms with Crippen molar-refractivity contribution in [2.45, 2.75) is 57.5 Å². The molecule has 0 bridgehead atoms. The smallest absolute Gasteiger partial charge is 0.237 e. The van der Waals surface area contributed by atoms with E-state index >= 15 is 0 Å². The minimum Gasteiger partial charge on any atom is -0.486 e. The number of nitrogens with zero attached hydrogens (tertiary/aromatic N) is 2. The van der Waals surface area contributed by atoms with Crippen LogP contribution < -0.4 is 9.47 Å². The summed E-state index contributed by atoms with van der Waals surface area (Å²) in [6.45, 7) is 4.92. The highest BCUT2D eigenvalue weighted by Gasteiger charge is 2.32. The summed E-state index contributed by atoms with van der Waals surface area (Å²) >= 11 is 0. The maximum Gasteiger partial charge on any atom is 0.237 e. The number of likely N-dealkylation sites (tertiary alicyclic amines) is 1. The van der Waals surface area contributed by atoms with Gasteiger partial charge in [0, 0.05) is 12.6 Å². The fourth-order valence-electron chi connectivity index (χ4n) is 4.80. The van der Waals surface area contributed by atoms with Gasteiger partial charge in [-0.2, -0.15) is 0 Å². The third-order valence-electron chi connectivity index (χ3n) is 6.52. The van der Waals surface area contributed by atoms with Crippen LogP contribution in [0.3, 0.4) is 0 Å². The third kappa shape index (κ3) is 4.08. The van der Waals surface area contributed by atoms with E-state index in [-0.39, 0.29) is 11.9 Å². The largest absolute Gasteiger partial charge is 0.486 e. The van der Waals surface area contributed by atoms with Crippen LogP contribution in [-0.4, -0.2) is 55.1 Å². The van der Waals surface area contributed by atoms with Crippen molar-refractivity contribution in [1.82, 2.24) is 9.80 Å². The van der Waals surface area contributed by atoms with E-state index in [9.17, 15) is 4.79 Å². The Morgan fingerprint density at radius 3 is 2.63 bits per heavy atom. The highest BCUT2D eigenvalue weighted by Crippen LogP contribution is 2.38. The van der Waals surface area contributed by atoms with E-state index in [1.165, 1.54) is 31.2 Å². The van der Waals surface area contributed by atoms with Crippen molar-refractivity contribution in [3.05, 3.63) is 23.8 Å². The van der Waals surface area contributed by atoms with Crippen molar-refractivity contribution in [2.24, 2.45) is 5.92 Å². The van der Waals surface area contributed by atoms with E-state index in [2.05, 4.69) is 35.9 Å². The quantitative estimate of drug-likeness (QED) is 0.809. The minimum atomic E-state index is 0.160. The Morgan fingerprint density at radius 2 is 1.85 bits per heavy atom. The van der Waals surface area contributed by atoms with Crippen LogP contribution in [0.25, 0.3) is 0 Å². The standard InChI is InChI=1S/C22H32N2O3/c1-16-5-8-18(9-6-16)23(2)15-22(25)24-11-3-4-19(24)17-7-10-20-21(14-17)27-13-12-26-20/h7,10,14,16,18-19H,3-6,8-9,11-13,15H2,1-2H3/t16?,18?,19-/m1/s1. The number of carbonyl (C=O) groups excluding carboxylic acids is 1. The predicted octanol–water partition coefficient (Wildman–Crippen LogP) is 3.63. The summed E-state index contributed by atoms with van der Waals surface area (Å²) in [6, 6.07) is 6.86. The van der Waals surface area contributed by atoms with Gasteiger partial charge in [-0.15, -0.1) is 0 Å². The Hall–Kier alpha value is -1.75. The minimum absolute atomic E-state index is 0.160. The SMILES string of the molecule is CC1CCC(N(C)CC(=O)N2CCC[C@@H]2c2ccc3c(c2)OCCO3)CC1. The molecular formula is C22H32N2O3. The van der Waals surface area contributed by atoms with Gasteiger partial charge < -0.3 is 14.4 Å². The molecule has 5 heteroatoms. The van der Waals surface area contributed by atoms with Crippen molar-refractivity contribution in [2.75, 3.05) is 33.4 Å². The first-order chi connectivity index (χ1) is 13.1. The average molecular weight is 373 g/mol. The van der Waals surface area contributed by atoms with Gasteiger partial charge in [0.25, 0.3) is 0 Å². The summed E-state index contributed by atoms with van der Waals surface area (Å²) in [7, 11) is 2.12. The van der Waals surface area contributed by atoms with Gasteiger partial charge in [-0.1, -0.05) is 13.0 Å². The molecule has 0 aromatic heterocycles. The molecule has 2 heterocycles. The van der Waals surface area contributed by atoms with E-state index in [1.807, 2.05) is 6.07 Å². The summed E-state index contributed by atoms with van der Waals surface area (Å²) in [5.74, 6) is 2.72. The lowest BCUT2D eigenvalue weighted by Gasteiger charge is -2.35. The maximum atomic E-state index is 13.1. The molecule has 2 fully saturated rings. The van der Waals surface area contributed by atoms with Crippen LogP contribution in [-0.2, 0) is 4.79 Å². The van der Waals surface area contributed by atoms with Gasteiger partial charge in [0.15, 0.2) is 11.5 Å². The van der Waals surface area contributed by atoms with Crippen molar-refractivity contribution >= 4 is 5.91 Å². The lowest BCUT2D eigenvalue weighted by atomic mass is 9.87. The van der Waals surface area contributed by atoms with Gasteiger partial charge in [-0.05, 0) is 69.2 Å². The van der Waals surface area contributed by atoms with Crippen LogP contribution in [0.1, 0.15) is 57.1 Å². The fourth-order valence-corrected chi connectivity index (χ4v) is 4.80. The zero-order chi connectivity index (χ0) is 18.8. The molecule has 1 aromatic rings. The Labute approximate surface area is 162 Å². The van der Waals surface area contributed by atoms with Gasteiger partial charge in [0.05, 0.1) is 12.6 Å². The molecular weight excluding hydrogens is 340 g/mol. The highest BCUT2D eigenvalue weighted by atomic mass is 16.6. The van der Waals surface area contributed by atoms with E-state index in [0.29, 0.717) is 25.8 Å². The van der Waals surface area contributed by atoms with Crippen LogP contribution in [0.15, 0.2) is 18.2 Å². The molecule has 0 N–H and O–H groups in total. The first-order valence-electron chi connectivity index (χ1n) is 10.5. The summed E-state index contributed by atoms with van der Waals surface area (Å²) in [4.78, 5) is 17.4. The molecule has 2 aliphatic heterocycles. The summed E-state index contributed by atoms with van der Waals surface area (Å²) < 4.78 is 11.4. The Bertz CT molecular complexity index is 670. The molecule has 1 aliphatic carbocycles. The number of likely N-dealkylation sites (N-methyl/N-ethyl adjacent to an activating group) is 1. The van der Waals surface area contributed by atoms with Gasteiger partial charge >= 0.3 is 0 Å². The fraction of sp³-hybridized carbons (Fsp3) is 0.682. The van der Waals surface area contributed by atoms with Crippen molar-refractivity contribution < 1.29 is 14.3 Å². The second-order valence-electron chi connectivity index (χ2n) is 8.48. The zero-order valence-electron chi connectivity index (χ0n) is 16.7. The number of hydrogen-bond acceptors (Lipinski definition) is 4. The predicted molar refractivity (Wildman–Crippen MR) is 105 cm³/mol. The summed E-state index contributed by atoms with van der Waals surface area (Å²) in [5.41, 5.74) is 1.17. The lowest BCUT2D eigenvalue weighted by molar-refractivity contribution is -0.133. The van der Waals surface area contributed by atoms with E-state index in [0.717, 1.165) is 36.8 Å². The van der Waals surface area contributed by atoms with Crippen LogP contribution in [0.2, 0.25) is 0 Å². The highest BCUT2D eigenvalue weighted by molar-refractivity contribution is 5.79. The van der Waals surface area contributed by atoms with Gasteiger partial charge in [0.2, 0.25) is 5.91 Å². The number of amides is 1. The van der Waals surface area contributed by atoms with E-state index in [1.54, 1.807) is 0 Å². The Balaban J connectivity index is 1.41. The van der Waals surface area contributed by atoms with Gasteiger partial charge in [-0.25, -0.2) is 0 Å². The number of rotatable bonds is 4. The second kappa shape index (κ2) is 8.09. The van der Waals surface area contributed by atoms with E-state index in [4.69, 9.17) is 9.47 Å². The second-order valence-corrected chi connectivity index (χ2v) is 8.48. The summed E-state index contributed by atoms with van der Waals surface area (Å²) in [5, 5.41) is 0. The molecule has 5 nitrogen and oxygen atoms in total. The molecule has 1 saturated heterocycles. The number of carbonyl (C=O) groups is 1. The topological polar surface area (TPSA) is 42.0 Å². The van der Waals surface area contributed by atoms with Crippen LogP contribution in [0, 0.1) is 5.92 Å². The number of fused-ring (bicyclic) bond motifs is 1. The number of ether oxygens (including phenoxy) is 2. The molecule has 1 aromatic carbocycles. The van der Waals surface area contributed by atoms with Gasteiger partial charge in [0.1, 0.15) is 13.2 Å². The molecule has 1 saturated carbocycles. The molecule has 148 valence electrons. The molecule has 0 spiro atoms. The Morgan fingerprint density at radius 1 is 1.11 bits per heavy atom. The molecule has 1 amide bonds. The monoisotopic (exact) mass is 372 g/mol. The Kier molecular flexibility index (Phi) is 5.58. The molecule has 27 heavy (non-hydrogen) atoms. The molecule has 0 radical (unpaired) electrons. The third-order valence-corrected chi connectivity index (χ3v) is 6.52. The van der Waals surface area contributed by atoms with Gasteiger partial charge in [-0.3, -0.25) is 9.69 Å². The first kappa shape index (κ1) is 18.6. The van der Waals surface area contributed by atoms with E-state index < -0.39 is 0 Å². The lowest BCUT2D eigenvalue weighted by Crippen LogP contribution is -2.43. The van der Waals surface area contributed by atoms with Crippen molar-refractivity contribution in [3.8, 4) is 11.5 Å². The first-order valence-corrected chi connectivity index (χ1v) is 10.5. The molecule has 3 aliphatic rings. The average Bonchev–Trinajstić information content (AvgIpc) is 3.18. The zero-order valence-corrected chi connectivity index (χ0v) is 16.7. The van der Waals surface area contributed by atoms with Crippen molar-refractivity contribution in [3.63, 3.8) is 0 Å². The summed E-state index contributed by atoms with van der Waals surface area (Å²) in [6.07, 6.45) is 7.10. The van der Waals surface area contributed by atoms with Crippen LogP contribution in [0.4, 0.5) is 0 Å². The van der Waals surface area contributed by atoms with Crippen LogP contribution in [0.5, 0.6) is 11.5 Å². The number of benzene rings is 1. The number of hydrogen-bond donors (Lipinski definition) is 0. The van der Waals surface area contributed by atoms with Crippen LogP contribution >= 0.6 is 0 Å².